The molecule has 0 saturated carbocycles. The van der Waals surface area contributed by atoms with Gasteiger partial charge in [-0.3, -0.25) is 14.6 Å². The molecule has 0 bridgehead atoms. The zero-order chi connectivity index (χ0) is 16.2. The van der Waals surface area contributed by atoms with E-state index in [9.17, 15) is 9.59 Å². The molecule has 1 atom stereocenters. The summed E-state index contributed by atoms with van der Waals surface area (Å²) >= 11 is 0. The number of nitrogens with one attached hydrogen (secondary N) is 1. The lowest BCUT2D eigenvalue weighted by molar-refractivity contribution is 0.0842. The largest absolute Gasteiger partial charge is 0.347 e. The van der Waals surface area contributed by atoms with E-state index < -0.39 is 5.41 Å². The number of hydrogen-bond donors (Lipinski definition) is 1. The van der Waals surface area contributed by atoms with Crippen molar-refractivity contribution in [1.29, 1.82) is 0 Å². The first-order valence-corrected chi connectivity index (χ1v) is 7.08. The normalized spacial score (nSPS) is 13.1. The van der Waals surface area contributed by atoms with Crippen molar-refractivity contribution < 1.29 is 9.59 Å². The minimum Gasteiger partial charge on any atom is -0.347 e. The van der Waals surface area contributed by atoms with Crippen molar-refractivity contribution in [2.45, 2.75) is 33.7 Å². The molecule has 0 aromatic carbocycles. The van der Waals surface area contributed by atoms with Crippen LogP contribution in [-0.2, 0) is 0 Å². The quantitative estimate of drug-likeness (QED) is 0.843. The van der Waals surface area contributed by atoms with Gasteiger partial charge >= 0.3 is 0 Å². The van der Waals surface area contributed by atoms with Crippen LogP contribution in [0.1, 0.15) is 48.5 Å². The molecule has 0 fully saturated rings. The van der Waals surface area contributed by atoms with Crippen LogP contribution in [-0.4, -0.2) is 48.3 Å². The van der Waals surface area contributed by atoms with Crippen molar-refractivity contribution in [2.75, 3.05) is 20.6 Å². The number of rotatable bonds is 5. The minimum atomic E-state index is -0.548. The molecule has 1 aromatic heterocycles. The summed E-state index contributed by atoms with van der Waals surface area (Å²) in [6.07, 6.45) is 1.53. The van der Waals surface area contributed by atoms with Crippen LogP contribution in [0.2, 0.25) is 0 Å². The van der Waals surface area contributed by atoms with Crippen molar-refractivity contribution in [3.63, 3.8) is 0 Å². The Labute approximate surface area is 126 Å². The van der Waals surface area contributed by atoms with Crippen LogP contribution in [0, 0.1) is 5.41 Å². The van der Waals surface area contributed by atoms with E-state index in [1.165, 1.54) is 6.20 Å². The molecule has 21 heavy (non-hydrogen) atoms. The van der Waals surface area contributed by atoms with E-state index in [0.29, 0.717) is 5.56 Å². The summed E-state index contributed by atoms with van der Waals surface area (Å²) < 4.78 is 0. The zero-order valence-corrected chi connectivity index (χ0v) is 13.7. The Balaban J connectivity index is 2.98. The molecule has 1 heterocycles. The molecule has 116 valence electrons. The summed E-state index contributed by atoms with van der Waals surface area (Å²) in [7, 11) is 3.88. The van der Waals surface area contributed by atoms with Crippen molar-refractivity contribution in [2.24, 2.45) is 5.41 Å². The molecular weight excluding hydrogens is 266 g/mol. The Hall–Kier alpha value is -1.75. The Morgan fingerprint density at radius 2 is 1.95 bits per heavy atom. The van der Waals surface area contributed by atoms with E-state index in [4.69, 9.17) is 0 Å². The third-order valence-corrected chi connectivity index (χ3v) is 2.97. The lowest BCUT2D eigenvalue weighted by Crippen LogP contribution is -2.40. The Bertz CT molecular complexity index is 518. The van der Waals surface area contributed by atoms with E-state index in [1.54, 1.807) is 12.1 Å². The van der Waals surface area contributed by atoms with Gasteiger partial charge in [-0.2, -0.15) is 0 Å². The predicted molar refractivity (Wildman–Crippen MR) is 83.5 cm³/mol. The highest BCUT2D eigenvalue weighted by atomic mass is 16.2. The summed E-state index contributed by atoms with van der Waals surface area (Å²) in [6.45, 7) is 8.14. The maximum Gasteiger partial charge on any atom is 0.270 e. The molecule has 1 aromatic rings. The molecule has 0 radical (unpaired) electrons. The van der Waals surface area contributed by atoms with Crippen molar-refractivity contribution in [3.05, 3.63) is 29.6 Å². The van der Waals surface area contributed by atoms with Crippen molar-refractivity contribution >= 4 is 11.7 Å². The van der Waals surface area contributed by atoms with Gasteiger partial charge in [0.05, 0.1) is 0 Å². The number of hydrogen-bond acceptors (Lipinski definition) is 4. The maximum atomic E-state index is 12.4. The second-order valence-corrected chi connectivity index (χ2v) is 6.62. The third-order valence-electron chi connectivity index (χ3n) is 2.97. The van der Waals surface area contributed by atoms with Crippen LogP contribution in [0.4, 0.5) is 0 Å². The van der Waals surface area contributed by atoms with E-state index in [-0.39, 0.29) is 23.4 Å². The van der Waals surface area contributed by atoms with Gasteiger partial charge < -0.3 is 10.2 Å². The molecule has 0 aliphatic heterocycles. The highest BCUT2D eigenvalue weighted by Gasteiger charge is 2.28. The first-order chi connectivity index (χ1) is 9.62. The summed E-state index contributed by atoms with van der Waals surface area (Å²) in [5, 5.41) is 2.88. The Kier molecular flexibility index (Phi) is 5.61. The van der Waals surface area contributed by atoms with Gasteiger partial charge in [-0.1, -0.05) is 20.8 Å². The highest BCUT2D eigenvalue weighted by Crippen LogP contribution is 2.22. The lowest BCUT2D eigenvalue weighted by Gasteiger charge is -2.20. The molecule has 1 amide bonds. The Morgan fingerprint density at radius 3 is 2.48 bits per heavy atom. The number of Topliss-reactive ketones (excluding diaryl/α,β-unsaturated/α-hetero) is 1. The first kappa shape index (κ1) is 17.3. The van der Waals surface area contributed by atoms with Crippen LogP contribution in [0.15, 0.2) is 18.3 Å². The average molecular weight is 291 g/mol. The van der Waals surface area contributed by atoms with E-state index in [0.717, 1.165) is 6.54 Å². The Morgan fingerprint density at radius 1 is 1.33 bits per heavy atom. The number of nitrogens with zero attached hydrogens (tertiary/aromatic N) is 2. The fourth-order valence-corrected chi connectivity index (χ4v) is 2.06. The van der Waals surface area contributed by atoms with Crippen LogP contribution in [0.25, 0.3) is 0 Å². The van der Waals surface area contributed by atoms with Gasteiger partial charge in [-0.05, 0) is 33.2 Å². The molecule has 0 aliphatic carbocycles. The van der Waals surface area contributed by atoms with E-state index in [2.05, 4.69) is 10.3 Å². The monoisotopic (exact) mass is 291 g/mol. The number of carbonyl (C=O) groups is 2. The molecule has 1 N–H and O–H groups in total. The molecule has 0 aliphatic rings. The van der Waals surface area contributed by atoms with Crippen LogP contribution >= 0.6 is 0 Å². The summed E-state index contributed by atoms with van der Waals surface area (Å²) in [6, 6.07) is 3.32. The maximum absolute atomic E-state index is 12.4. The molecule has 5 heteroatoms. The number of pyridine rings is 1. The third kappa shape index (κ3) is 4.93. The SMILES string of the molecule is CC(CN(C)C)NC(=O)c1ncccc1C(=O)C(C)(C)C. The molecule has 0 saturated heterocycles. The minimum absolute atomic E-state index is 0.0212. The highest BCUT2D eigenvalue weighted by molar-refractivity contribution is 6.08. The van der Waals surface area contributed by atoms with Gasteiger partial charge in [-0.15, -0.1) is 0 Å². The van der Waals surface area contributed by atoms with Crippen molar-refractivity contribution in [3.8, 4) is 0 Å². The fourth-order valence-electron chi connectivity index (χ4n) is 2.06. The van der Waals surface area contributed by atoms with Gasteiger partial charge in [-0.25, -0.2) is 0 Å². The second kappa shape index (κ2) is 6.80. The van der Waals surface area contributed by atoms with Crippen LogP contribution in [0.5, 0.6) is 0 Å². The molecule has 5 nitrogen and oxygen atoms in total. The van der Waals surface area contributed by atoms with Gasteiger partial charge in [0.1, 0.15) is 5.69 Å². The smallest absolute Gasteiger partial charge is 0.270 e. The number of likely N-dealkylation sites (N-methyl/N-ethyl adjacent to an activating group) is 1. The van der Waals surface area contributed by atoms with Gasteiger partial charge in [0, 0.05) is 29.8 Å². The number of amides is 1. The molecule has 1 unspecified atom stereocenters. The standard InChI is InChI=1S/C16H25N3O2/c1-11(10-19(5)6)18-15(21)13-12(8-7-9-17-13)14(20)16(2,3)4/h7-9,11H,10H2,1-6H3,(H,18,21). The van der Waals surface area contributed by atoms with E-state index in [1.807, 2.05) is 46.7 Å². The van der Waals surface area contributed by atoms with Gasteiger partial charge in [0.2, 0.25) is 0 Å². The summed E-state index contributed by atoms with van der Waals surface area (Å²) in [5.41, 5.74) is 0.0235. The summed E-state index contributed by atoms with van der Waals surface area (Å²) in [5.74, 6) is -0.390. The lowest BCUT2D eigenvalue weighted by atomic mass is 9.86. The first-order valence-electron chi connectivity index (χ1n) is 7.08. The number of ketones is 1. The van der Waals surface area contributed by atoms with Gasteiger partial charge in [0.25, 0.3) is 5.91 Å². The summed E-state index contributed by atoms with van der Waals surface area (Å²) in [4.78, 5) is 30.9. The average Bonchev–Trinajstić information content (AvgIpc) is 2.35. The van der Waals surface area contributed by atoms with Gasteiger partial charge in [0.15, 0.2) is 5.78 Å². The zero-order valence-electron chi connectivity index (χ0n) is 13.7. The second-order valence-electron chi connectivity index (χ2n) is 6.62. The fraction of sp³-hybridized carbons (Fsp3) is 0.562. The molecule has 0 spiro atoms. The van der Waals surface area contributed by atoms with Crippen LogP contribution in [0.3, 0.4) is 0 Å². The number of aromatic nitrogens is 1. The van der Waals surface area contributed by atoms with Crippen molar-refractivity contribution in [1.82, 2.24) is 15.2 Å². The van der Waals surface area contributed by atoms with Crippen LogP contribution < -0.4 is 5.32 Å². The predicted octanol–water partition coefficient (Wildman–Crippen LogP) is 1.99. The molecule has 1 rings (SSSR count). The topological polar surface area (TPSA) is 62.3 Å². The number of carbonyl (C=O) groups excluding carboxylic acids is 2. The van der Waals surface area contributed by atoms with E-state index >= 15 is 0 Å². The molecular formula is C16H25N3O2.